The predicted octanol–water partition coefficient (Wildman–Crippen LogP) is 7.74. The monoisotopic (exact) mass is 779 g/mol. The predicted molar refractivity (Wildman–Crippen MR) is 206 cm³/mol. The van der Waals surface area contributed by atoms with Gasteiger partial charge in [-0.05, 0) is 93.8 Å². The maximum atomic E-state index is 17.5. The minimum Gasteiger partial charge on any atom is -0.508 e. The minimum atomic E-state index is -0.946. The molecule has 10 nitrogen and oxygen atoms in total. The number of hydrogen-bond acceptors (Lipinski definition) is 10. The molecule has 4 aliphatic heterocycles. The average molecular weight is 780 g/mol. The van der Waals surface area contributed by atoms with Gasteiger partial charge in [0.25, 0.3) is 0 Å². The quantitative estimate of drug-likeness (QED) is 0.157. The molecule has 1 N–H and O–H groups in total. The van der Waals surface area contributed by atoms with Crippen LogP contribution in [0, 0.1) is 29.9 Å². The number of rotatable bonds is 8. The molecule has 3 aromatic heterocycles. The highest BCUT2D eigenvalue weighted by Gasteiger charge is 2.51. The van der Waals surface area contributed by atoms with Crippen molar-refractivity contribution in [1.29, 1.82) is 0 Å². The molecule has 2 bridgehead atoms. The van der Waals surface area contributed by atoms with Crippen LogP contribution in [0.1, 0.15) is 99.1 Å². The second kappa shape index (κ2) is 13.9. The Morgan fingerprint density at radius 2 is 1.95 bits per heavy atom. The number of alkyl halides is 1. The van der Waals surface area contributed by atoms with Gasteiger partial charge in [-0.1, -0.05) is 18.9 Å². The van der Waals surface area contributed by atoms with Crippen LogP contribution in [0.3, 0.4) is 0 Å². The van der Waals surface area contributed by atoms with E-state index in [0.29, 0.717) is 66.0 Å². The normalized spacial score (nSPS) is 27.0. The van der Waals surface area contributed by atoms with Gasteiger partial charge < -0.3 is 18.7 Å². The van der Waals surface area contributed by atoms with E-state index >= 15 is 8.78 Å². The van der Waals surface area contributed by atoms with Crippen LogP contribution < -0.4 is 10.6 Å². The molecule has 4 fully saturated rings. The van der Waals surface area contributed by atoms with Crippen LogP contribution >= 0.6 is 0 Å². The number of aromatic hydroxyl groups is 1. The fourth-order valence-electron chi connectivity index (χ4n) is 11.3. The maximum Gasteiger partial charge on any atom is 0.519 e. The third-order valence-electron chi connectivity index (χ3n) is 13.6. The number of nitrogens with zero attached hydrogens (tertiary/aromatic N) is 5. The molecule has 296 valence electrons. The van der Waals surface area contributed by atoms with Crippen molar-refractivity contribution < 1.29 is 31.8 Å². The molecule has 1 aliphatic carbocycles. The van der Waals surface area contributed by atoms with Gasteiger partial charge >= 0.3 is 11.8 Å². The maximum absolute atomic E-state index is 17.5. The highest BCUT2D eigenvalue weighted by molar-refractivity contribution is 6.02. The highest BCUT2D eigenvalue weighted by atomic mass is 19.1. The molecule has 0 radical (unpaired) electrons. The minimum absolute atomic E-state index is 0.0256. The molecule has 1 unspecified atom stereocenters. The van der Waals surface area contributed by atoms with E-state index in [1.807, 2.05) is 6.92 Å². The SMILES string of the molecule is C#Cc1c(F)ccc2cc(O)cc(-c3nc4c5c(nc(OC[C@@]67CCCN6C[C@H](F)C7)nc5c3F)C3C[C@H]5CC[C@@H]([C@H]3CCC4)N5Cc3oc(=O)oc3CCC)c12. The van der Waals surface area contributed by atoms with E-state index in [-0.39, 0.29) is 70.0 Å². The lowest BCUT2D eigenvalue weighted by molar-refractivity contribution is 0.0532. The summed E-state index contributed by atoms with van der Waals surface area (Å²) >= 11 is 0. The standard InChI is InChI=1S/C44H44F3N5O5/c1-3-7-34-35(57-43(54)56-34)21-52-25-11-13-33(52)28-8-5-9-32-37-39(29(28)17-25)49-42(55-22-44-14-6-15-51(44)20-24(45)19-44)50-41(37)38(47)40(48-32)30-18-26(53)16-23-10-12-31(46)27(4-2)36(23)30/h2,10,12,16,18,24-25,28-29,33,53H,3,5-9,11,13-15,17,19-22H2,1H3/t24-,25-,28+,29?,33+,44+/m1/s1. The highest BCUT2D eigenvalue weighted by Crippen LogP contribution is 2.52. The van der Waals surface area contributed by atoms with Gasteiger partial charge in [0.1, 0.15) is 35.6 Å². The number of aryl methyl sites for hydroxylation is 2. The lowest BCUT2D eigenvalue weighted by Gasteiger charge is -2.45. The average Bonchev–Trinajstić information content (AvgIpc) is 3.91. The molecule has 57 heavy (non-hydrogen) atoms. The molecule has 5 aliphatic rings. The second-order valence-corrected chi connectivity index (χ2v) is 16.8. The van der Waals surface area contributed by atoms with Gasteiger partial charge in [-0.25, -0.2) is 22.9 Å². The number of phenols is 1. The largest absolute Gasteiger partial charge is 0.519 e. The smallest absolute Gasteiger partial charge is 0.508 e. The summed E-state index contributed by atoms with van der Waals surface area (Å²) in [7, 11) is 0. The summed E-state index contributed by atoms with van der Waals surface area (Å²) in [5.74, 6) is 1.48. The molecular weight excluding hydrogens is 736 g/mol. The Bertz CT molecular complexity index is 2530. The Balaban J connectivity index is 1.12. The number of fused-ring (bicyclic) bond motifs is 7. The lowest BCUT2D eigenvalue weighted by Crippen LogP contribution is -2.48. The number of hydrogen-bond donors (Lipinski definition) is 1. The van der Waals surface area contributed by atoms with Crippen molar-refractivity contribution in [2.24, 2.45) is 5.92 Å². The van der Waals surface area contributed by atoms with E-state index < -0.39 is 29.2 Å². The van der Waals surface area contributed by atoms with E-state index in [1.54, 1.807) is 0 Å². The Morgan fingerprint density at radius 3 is 2.79 bits per heavy atom. The zero-order valence-corrected chi connectivity index (χ0v) is 31.8. The number of piperidine rings is 1. The number of ether oxygens (including phenoxy) is 1. The van der Waals surface area contributed by atoms with Gasteiger partial charge in [0.2, 0.25) is 0 Å². The van der Waals surface area contributed by atoms with E-state index in [1.165, 1.54) is 24.3 Å². The molecule has 0 spiro atoms. The van der Waals surface area contributed by atoms with Crippen molar-refractivity contribution in [1.82, 2.24) is 24.8 Å². The lowest BCUT2D eigenvalue weighted by atomic mass is 9.73. The molecule has 5 aromatic rings. The first kappa shape index (κ1) is 36.4. The van der Waals surface area contributed by atoms with E-state index in [2.05, 4.69) is 15.7 Å². The van der Waals surface area contributed by atoms with Gasteiger partial charge in [0, 0.05) is 53.7 Å². The zero-order chi connectivity index (χ0) is 39.2. The second-order valence-electron chi connectivity index (χ2n) is 16.8. The van der Waals surface area contributed by atoms with Crippen LogP contribution in [0.5, 0.6) is 11.8 Å². The van der Waals surface area contributed by atoms with Crippen molar-refractivity contribution in [3.8, 4) is 35.4 Å². The molecular formula is C44H44F3N5O5. The van der Waals surface area contributed by atoms with Crippen LogP contribution in [0.25, 0.3) is 32.9 Å². The van der Waals surface area contributed by atoms with Crippen molar-refractivity contribution in [2.45, 2.75) is 114 Å². The molecule has 6 atom stereocenters. The van der Waals surface area contributed by atoms with Gasteiger partial charge in [-0.15, -0.1) is 6.42 Å². The van der Waals surface area contributed by atoms with Crippen LogP contribution in [0.15, 0.2) is 37.9 Å². The van der Waals surface area contributed by atoms with Gasteiger partial charge in [0.15, 0.2) is 17.3 Å². The molecule has 0 saturated carbocycles. The third kappa shape index (κ3) is 5.92. The summed E-state index contributed by atoms with van der Waals surface area (Å²) in [4.78, 5) is 31.7. The first-order valence-corrected chi connectivity index (χ1v) is 20.4. The van der Waals surface area contributed by atoms with Crippen LogP contribution in [-0.2, 0) is 19.4 Å². The number of phenolic OH excluding ortho intramolecular Hbond substituents is 1. The molecule has 10 rings (SSSR count). The Kier molecular flexibility index (Phi) is 8.86. The third-order valence-corrected chi connectivity index (χ3v) is 13.6. The van der Waals surface area contributed by atoms with Crippen molar-refractivity contribution >= 4 is 21.7 Å². The molecule has 7 heterocycles. The summed E-state index contributed by atoms with van der Waals surface area (Å²) < 4.78 is 65.0. The van der Waals surface area contributed by atoms with Crippen molar-refractivity contribution in [2.75, 3.05) is 19.7 Å². The van der Waals surface area contributed by atoms with Crippen molar-refractivity contribution in [3.63, 3.8) is 0 Å². The number of terminal acetylenes is 1. The summed E-state index contributed by atoms with van der Waals surface area (Å²) in [6.45, 7) is 3.85. The number of benzene rings is 2. The zero-order valence-electron chi connectivity index (χ0n) is 31.8. The number of aromatic nitrogens is 3. The van der Waals surface area contributed by atoms with E-state index in [9.17, 15) is 14.3 Å². The number of pyridine rings is 1. The molecule has 13 heteroatoms. The fraction of sp³-hybridized carbons (Fsp3) is 0.500. The molecule has 0 amide bonds. The number of halogens is 3. The summed E-state index contributed by atoms with van der Waals surface area (Å²) in [5.41, 5.74) is 0.895. The summed E-state index contributed by atoms with van der Waals surface area (Å²) in [6.07, 6.45) is 13.2. The van der Waals surface area contributed by atoms with Gasteiger partial charge in [-0.2, -0.15) is 9.97 Å². The van der Waals surface area contributed by atoms with Gasteiger partial charge in [-0.3, -0.25) is 9.80 Å². The van der Waals surface area contributed by atoms with Crippen molar-refractivity contribution in [3.05, 3.63) is 75.0 Å². The van der Waals surface area contributed by atoms with E-state index in [4.69, 9.17) is 34.9 Å². The summed E-state index contributed by atoms with van der Waals surface area (Å²) in [5, 5.41) is 12.1. The Hall–Kier alpha value is -4.93. The molecule has 4 saturated heterocycles. The first-order valence-electron chi connectivity index (χ1n) is 20.4. The van der Waals surface area contributed by atoms with Crippen LogP contribution in [0.2, 0.25) is 0 Å². The van der Waals surface area contributed by atoms with E-state index in [0.717, 1.165) is 57.9 Å². The van der Waals surface area contributed by atoms with Crippen LogP contribution in [0.4, 0.5) is 13.2 Å². The topological polar surface area (TPSA) is 118 Å². The van der Waals surface area contributed by atoms with Crippen LogP contribution in [-0.4, -0.2) is 73.3 Å². The first-order chi connectivity index (χ1) is 27.6. The Morgan fingerprint density at radius 1 is 1.09 bits per heavy atom. The van der Waals surface area contributed by atoms with Gasteiger partial charge in [0.05, 0.1) is 29.0 Å². The fourth-order valence-corrected chi connectivity index (χ4v) is 11.3. The summed E-state index contributed by atoms with van der Waals surface area (Å²) in [6, 6.07) is 5.91. The molecule has 2 aromatic carbocycles. The Labute approximate surface area is 327 Å².